The van der Waals surface area contributed by atoms with Crippen molar-refractivity contribution in [1.82, 2.24) is 4.90 Å². The molecule has 0 bridgehead atoms. The van der Waals surface area contributed by atoms with Crippen molar-refractivity contribution < 1.29 is 9.53 Å². The van der Waals surface area contributed by atoms with Gasteiger partial charge < -0.3 is 10.1 Å². The van der Waals surface area contributed by atoms with E-state index in [0.717, 1.165) is 25.1 Å². The summed E-state index contributed by atoms with van der Waals surface area (Å²) >= 11 is 6.07. The Balaban J connectivity index is 2.00. The molecule has 4 nitrogen and oxygen atoms in total. The lowest BCUT2D eigenvalue weighted by molar-refractivity contribution is -0.117. The maximum absolute atomic E-state index is 12.2. The van der Waals surface area contributed by atoms with E-state index in [2.05, 4.69) is 17.1 Å². The first kappa shape index (κ1) is 16.1. The molecule has 1 fully saturated rings. The minimum atomic E-state index is -0.0101. The first-order chi connectivity index (χ1) is 9.99. The van der Waals surface area contributed by atoms with Crippen LogP contribution in [0.2, 0.25) is 5.02 Å². The topological polar surface area (TPSA) is 41.6 Å². The van der Waals surface area contributed by atoms with Gasteiger partial charge in [0, 0.05) is 17.6 Å². The molecular weight excluding hydrogens is 288 g/mol. The number of benzene rings is 1. The molecule has 2 rings (SSSR count). The highest BCUT2D eigenvalue weighted by atomic mass is 35.5. The largest absolute Gasteiger partial charge is 0.495 e. The van der Waals surface area contributed by atoms with Crippen molar-refractivity contribution in [2.45, 2.75) is 26.7 Å². The molecule has 0 aromatic heterocycles. The Morgan fingerprint density at radius 2 is 2.29 bits per heavy atom. The average molecular weight is 311 g/mol. The normalized spacial score (nSPS) is 19.3. The number of aryl methyl sites for hydroxylation is 1. The highest BCUT2D eigenvalue weighted by molar-refractivity contribution is 6.31. The Labute approximate surface area is 131 Å². The molecule has 1 aromatic rings. The summed E-state index contributed by atoms with van der Waals surface area (Å²) in [5, 5.41) is 3.56. The van der Waals surface area contributed by atoms with Crippen molar-refractivity contribution in [2.75, 3.05) is 32.1 Å². The summed E-state index contributed by atoms with van der Waals surface area (Å²) in [6.07, 6.45) is 2.42. The molecule has 0 spiro atoms. The summed E-state index contributed by atoms with van der Waals surface area (Å²) in [4.78, 5) is 14.4. The molecular formula is C16H23ClN2O2. The van der Waals surface area contributed by atoms with Crippen LogP contribution in [-0.4, -0.2) is 37.6 Å². The Kier molecular flexibility index (Phi) is 5.48. The minimum Gasteiger partial charge on any atom is -0.495 e. The predicted octanol–water partition coefficient (Wildman–Crippen LogP) is 3.33. The van der Waals surface area contributed by atoms with Gasteiger partial charge in [-0.25, -0.2) is 0 Å². The zero-order valence-corrected chi connectivity index (χ0v) is 13.7. The number of amides is 1. The molecule has 1 aromatic carbocycles. The lowest BCUT2D eigenvalue weighted by Crippen LogP contribution is -2.39. The van der Waals surface area contributed by atoms with Crippen molar-refractivity contribution >= 4 is 23.2 Å². The van der Waals surface area contributed by atoms with E-state index in [1.165, 1.54) is 6.42 Å². The zero-order valence-electron chi connectivity index (χ0n) is 12.9. The molecule has 1 heterocycles. The fourth-order valence-corrected chi connectivity index (χ4v) is 2.91. The van der Waals surface area contributed by atoms with Crippen molar-refractivity contribution in [1.29, 1.82) is 0 Å². The van der Waals surface area contributed by atoms with E-state index in [1.807, 2.05) is 13.0 Å². The fourth-order valence-electron chi connectivity index (χ4n) is 2.75. The van der Waals surface area contributed by atoms with Gasteiger partial charge in [-0.3, -0.25) is 9.69 Å². The lowest BCUT2D eigenvalue weighted by atomic mass is 10.0. The van der Waals surface area contributed by atoms with Gasteiger partial charge in [0.05, 0.1) is 19.3 Å². The van der Waals surface area contributed by atoms with Gasteiger partial charge in [-0.2, -0.15) is 0 Å². The summed E-state index contributed by atoms with van der Waals surface area (Å²) in [7, 11) is 1.57. The van der Waals surface area contributed by atoms with Gasteiger partial charge in [0.25, 0.3) is 0 Å². The molecule has 1 aliphatic rings. The first-order valence-corrected chi connectivity index (χ1v) is 7.73. The highest BCUT2D eigenvalue weighted by Crippen LogP contribution is 2.30. The molecule has 1 saturated heterocycles. The van der Waals surface area contributed by atoms with Crippen LogP contribution in [0.15, 0.2) is 12.1 Å². The van der Waals surface area contributed by atoms with Crippen LogP contribution < -0.4 is 10.1 Å². The molecule has 116 valence electrons. The number of anilines is 1. The number of ether oxygens (including phenoxy) is 1. The number of hydrogen-bond acceptors (Lipinski definition) is 3. The summed E-state index contributed by atoms with van der Waals surface area (Å²) < 4.78 is 5.28. The number of carbonyl (C=O) groups excluding carboxylic acids is 1. The van der Waals surface area contributed by atoms with Gasteiger partial charge in [0.15, 0.2) is 0 Å². The fraction of sp³-hybridized carbons (Fsp3) is 0.562. The number of methoxy groups -OCH3 is 1. The third-order valence-electron chi connectivity index (χ3n) is 3.86. The number of rotatable bonds is 4. The Bertz CT molecular complexity index is 519. The van der Waals surface area contributed by atoms with Crippen LogP contribution in [0.5, 0.6) is 5.75 Å². The van der Waals surface area contributed by atoms with Crippen LogP contribution >= 0.6 is 11.6 Å². The number of piperidine rings is 1. The first-order valence-electron chi connectivity index (χ1n) is 7.36. The predicted molar refractivity (Wildman–Crippen MR) is 86.2 cm³/mol. The van der Waals surface area contributed by atoms with E-state index in [0.29, 0.717) is 28.9 Å². The average Bonchev–Trinajstić information content (AvgIpc) is 2.42. The van der Waals surface area contributed by atoms with Crippen LogP contribution in [-0.2, 0) is 4.79 Å². The molecule has 0 unspecified atom stereocenters. The number of nitrogens with zero attached hydrogens (tertiary/aromatic N) is 1. The summed E-state index contributed by atoms with van der Waals surface area (Å²) in [5.74, 6) is 1.24. The van der Waals surface area contributed by atoms with Gasteiger partial charge >= 0.3 is 0 Å². The quantitative estimate of drug-likeness (QED) is 0.927. The second-order valence-corrected chi connectivity index (χ2v) is 6.24. The Morgan fingerprint density at radius 1 is 1.52 bits per heavy atom. The van der Waals surface area contributed by atoms with E-state index >= 15 is 0 Å². The van der Waals surface area contributed by atoms with Crippen molar-refractivity contribution in [3.63, 3.8) is 0 Å². The SMILES string of the molecule is COc1cc(Cl)c(C)cc1NC(=O)CN1CCC[C@H](C)C1. The van der Waals surface area contributed by atoms with Crippen LogP contribution in [0.3, 0.4) is 0 Å². The van der Waals surface area contributed by atoms with Gasteiger partial charge in [0.1, 0.15) is 5.75 Å². The maximum atomic E-state index is 12.2. The molecule has 1 N–H and O–H groups in total. The molecule has 1 atom stereocenters. The minimum absolute atomic E-state index is 0.0101. The monoisotopic (exact) mass is 310 g/mol. The van der Waals surface area contributed by atoms with Gasteiger partial charge in [-0.1, -0.05) is 18.5 Å². The maximum Gasteiger partial charge on any atom is 0.238 e. The number of likely N-dealkylation sites (tertiary alicyclic amines) is 1. The standard InChI is InChI=1S/C16H23ClN2O2/c1-11-5-4-6-19(9-11)10-16(20)18-14-7-12(2)13(17)8-15(14)21-3/h7-8,11H,4-6,9-10H2,1-3H3,(H,18,20)/t11-/m0/s1. The lowest BCUT2D eigenvalue weighted by Gasteiger charge is -2.30. The number of hydrogen-bond donors (Lipinski definition) is 1. The van der Waals surface area contributed by atoms with Gasteiger partial charge in [-0.05, 0) is 43.9 Å². The summed E-state index contributed by atoms with van der Waals surface area (Å²) in [5.41, 5.74) is 1.59. The number of nitrogens with one attached hydrogen (secondary N) is 1. The van der Waals surface area contributed by atoms with Crippen LogP contribution in [0, 0.1) is 12.8 Å². The molecule has 0 radical (unpaired) electrons. The Morgan fingerprint density at radius 3 is 2.95 bits per heavy atom. The molecule has 1 aliphatic heterocycles. The van der Waals surface area contributed by atoms with Crippen LogP contribution in [0.4, 0.5) is 5.69 Å². The van der Waals surface area contributed by atoms with Gasteiger partial charge in [-0.15, -0.1) is 0 Å². The van der Waals surface area contributed by atoms with E-state index in [1.54, 1.807) is 13.2 Å². The van der Waals surface area contributed by atoms with Gasteiger partial charge in [0.2, 0.25) is 5.91 Å². The molecule has 0 aliphatic carbocycles. The van der Waals surface area contributed by atoms with E-state index in [4.69, 9.17) is 16.3 Å². The summed E-state index contributed by atoms with van der Waals surface area (Å²) in [6, 6.07) is 3.58. The van der Waals surface area contributed by atoms with Crippen LogP contribution in [0.1, 0.15) is 25.3 Å². The number of carbonyl (C=O) groups is 1. The third kappa shape index (κ3) is 4.35. The third-order valence-corrected chi connectivity index (χ3v) is 4.27. The van der Waals surface area contributed by atoms with E-state index in [9.17, 15) is 4.79 Å². The molecule has 1 amide bonds. The van der Waals surface area contributed by atoms with Crippen molar-refractivity contribution in [3.8, 4) is 5.75 Å². The van der Waals surface area contributed by atoms with E-state index in [-0.39, 0.29) is 5.91 Å². The highest BCUT2D eigenvalue weighted by Gasteiger charge is 2.19. The summed E-state index contributed by atoms with van der Waals surface area (Å²) in [6.45, 7) is 6.55. The molecule has 21 heavy (non-hydrogen) atoms. The smallest absolute Gasteiger partial charge is 0.238 e. The van der Waals surface area contributed by atoms with Crippen molar-refractivity contribution in [3.05, 3.63) is 22.7 Å². The van der Waals surface area contributed by atoms with E-state index < -0.39 is 0 Å². The second kappa shape index (κ2) is 7.14. The van der Waals surface area contributed by atoms with Crippen LogP contribution in [0.25, 0.3) is 0 Å². The Hall–Kier alpha value is -1.26. The molecule has 5 heteroatoms. The number of halogens is 1. The zero-order chi connectivity index (χ0) is 15.4. The second-order valence-electron chi connectivity index (χ2n) is 5.83. The van der Waals surface area contributed by atoms with Crippen molar-refractivity contribution in [2.24, 2.45) is 5.92 Å². The molecule has 0 saturated carbocycles.